The normalized spacial score (nSPS) is 13.6. The van der Waals surface area contributed by atoms with E-state index >= 15 is 0 Å². The van der Waals surface area contributed by atoms with Gasteiger partial charge in [0, 0.05) is 23.5 Å². The third-order valence-electron chi connectivity index (χ3n) is 6.52. The number of halogens is 2. The summed E-state index contributed by atoms with van der Waals surface area (Å²) in [5.41, 5.74) is 1.64. The predicted octanol–water partition coefficient (Wildman–Crippen LogP) is 8.49. The highest BCUT2D eigenvalue weighted by Crippen LogP contribution is 2.26. The Hall–Kier alpha value is -3.15. The van der Waals surface area contributed by atoms with Crippen LogP contribution < -0.4 is 4.74 Å². The summed E-state index contributed by atoms with van der Waals surface area (Å²) >= 11 is 0. The van der Waals surface area contributed by atoms with Crippen molar-refractivity contribution in [2.45, 2.75) is 90.4 Å². The lowest BCUT2D eigenvalue weighted by atomic mass is 9.99. The predicted molar refractivity (Wildman–Crippen MR) is 145 cm³/mol. The lowest BCUT2D eigenvalue weighted by molar-refractivity contribution is -0.147. The molecule has 0 saturated heterocycles. The van der Waals surface area contributed by atoms with Gasteiger partial charge in [-0.2, -0.15) is 0 Å². The Morgan fingerprint density at radius 1 is 0.892 bits per heavy atom. The Kier molecular flexibility index (Phi) is 10.7. The molecule has 0 aliphatic heterocycles. The third kappa shape index (κ3) is 9.03. The molecular formula is C31H38F2N2O2. The second-order valence-corrected chi connectivity index (χ2v) is 9.94. The van der Waals surface area contributed by atoms with Crippen LogP contribution in [0.3, 0.4) is 0 Å². The van der Waals surface area contributed by atoms with Crippen molar-refractivity contribution in [3.05, 3.63) is 66.5 Å². The van der Waals surface area contributed by atoms with Crippen molar-refractivity contribution in [2.24, 2.45) is 0 Å². The molecule has 0 unspecified atom stereocenters. The number of unbranched alkanes of at least 4 members (excludes halogenated alkanes) is 5. The molecule has 37 heavy (non-hydrogen) atoms. The number of nitrogens with zero attached hydrogens (tertiary/aromatic N) is 2. The number of carbonyl (C=O) groups is 1. The van der Waals surface area contributed by atoms with Gasteiger partial charge < -0.3 is 4.74 Å². The first-order valence-corrected chi connectivity index (χ1v) is 13.4. The Labute approximate surface area is 219 Å². The van der Waals surface area contributed by atoms with Crippen molar-refractivity contribution in [3.8, 4) is 28.3 Å². The van der Waals surface area contributed by atoms with Crippen LogP contribution in [-0.4, -0.2) is 27.8 Å². The molecule has 0 bridgehead atoms. The molecule has 3 rings (SSSR count). The van der Waals surface area contributed by atoms with Gasteiger partial charge in [-0.25, -0.2) is 23.5 Å². The van der Waals surface area contributed by atoms with E-state index in [4.69, 9.17) is 4.74 Å². The number of hydrogen-bond donors (Lipinski definition) is 0. The van der Waals surface area contributed by atoms with E-state index in [0.717, 1.165) is 41.5 Å². The zero-order chi connectivity index (χ0) is 26.7. The van der Waals surface area contributed by atoms with E-state index in [0.29, 0.717) is 30.8 Å². The Morgan fingerprint density at radius 2 is 1.49 bits per heavy atom. The molecule has 0 saturated carbocycles. The van der Waals surface area contributed by atoms with Crippen molar-refractivity contribution in [1.29, 1.82) is 0 Å². The van der Waals surface area contributed by atoms with Gasteiger partial charge in [0.1, 0.15) is 5.75 Å². The largest absolute Gasteiger partial charge is 0.424 e. The van der Waals surface area contributed by atoms with E-state index in [1.807, 2.05) is 24.3 Å². The minimum atomic E-state index is -2.00. The summed E-state index contributed by atoms with van der Waals surface area (Å²) in [5, 5.41) is 0. The fraction of sp³-hybridized carbons (Fsp3) is 0.452. The first-order chi connectivity index (χ1) is 17.8. The Morgan fingerprint density at radius 3 is 2.11 bits per heavy atom. The highest BCUT2D eigenvalue weighted by atomic mass is 19.1. The van der Waals surface area contributed by atoms with Crippen LogP contribution in [0.1, 0.15) is 77.7 Å². The number of alkyl halides is 2. The second kappa shape index (κ2) is 14.0. The molecule has 6 heteroatoms. The molecule has 0 aliphatic carbocycles. The summed E-state index contributed by atoms with van der Waals surface area (Å²) in [5.74, 6) is 0.0550. The van der Waals surface area contributed by atoms with Crippen LogP contribution in [0.5, 0.6) is 5.75 Å². The quantitative estimate of drug-likeness (QED) is 0.124. The summed E-state index contributed by atoms with van der Waals surface area (Å²) in [7, 11) is 0. The molecule has 0 amide bonds. The number of hydrogen-bond acceptors (Lipinski definition) is 4. The summed E-state index contributed by atoms with van der Waals surface area (Å²) in [4.78, 5) is 21.3. The van der Waals surface area contributed by atoms with Crippen LogP contribution in [0.4, 0.5) is 8.78 Å². The lowest BCUT2D eigenvalue weighted by Gasteiger charge is -2.18. The van der Waals surface area contributed by atoms with E-state index in [-0.39, 0.29) is 6.42 Å². The number of rotatable bonds is 14. The summed E-state index contributed by atoms with van der Waals surface area (Å²) in [6, 6.07) is 14.7. The number of carbonyl (C=O) groups excluding carboxylic acids is 1. The number of aromatic nitrogens is 2. The molecule has 2 atom stereocenters. The molecule has 0 fully saturated rings. The maximum atomic E-state index is 14.9. The lowest BCUT2D eigenvalue weighted by Crippen LogP contribution is -2.34. The Bertz CT molecular complexity index is 1100. The zero-order valence-corrected chi connectivity index (χ0v) is 22.2. The first kappa shape index (κ1) is 28.4. The average molecular weight is 509 g/mol. The van der Waals surface area contributed by atoms with Gasteiger partial charge in [-0.05, 0) is 62.8 Å². The molecule has 0 aliphatic rings. The number of esters is 1. The number of aryl methyl sites for hydroxylation is 1. The van der Waals surface area contributed by atoms with Crippen LogP contribution >= 0.6 is 0 Å². The van der Waals surface area contributed by atoms with Crippen LogP contribution in [0.15, 0.2) is 60.9 Å². The van der Waals surface area contributed by atoms with Gasteiger partial charge in [-0.3, -0.25) is 0 Å². The number of ether oxygens (including phenoxy) is 1. The van der Waals surface area contributed by atoms with Crippen molar-refractivity contribution >= 4 is 5.97 Å². The Balaban J connectivity index is 1.53. The summed E-state index contributed by atoms with van der Waals surface area (Å²) < 4.78 is 33.2. The highest BCUT2D eigenvalue weighted by Gasteiger charge is 2.34. The van der Waals surface area contributed by atoms with Crippen LogP contribution in [0.25, 0.3) is 22.5 Å². The van der Waals surface area contributed by atoms with Gasteiger partial charge in [-0.15, -0.1) is 0 Å². The van der Waals surface area contributed by atoms with E-state index in [1.165, 1.54) is 19.8 Å². The highest BCUT2D eigenvalue weighted by molar-refractivity contribution is 5.81. The minimum absolute atomic E-state index is 0.166. The molecule has 0 spiro atoms. The molecule has 1 heterocycles. The fourth-order valence-electron chi connectivity index (χ4n) is 4.08. The van der Waals surface area contributed by atoms with Crippen molar-refractivity contribution in [1.82, 2.24) is 9.97 Å². The maximum Gasteiger partial charge on any atom is 0.348 e. The van der Waals surface area contributed by atoms with E-state index in [9.17, 15) is 13.6 Å². The van der Waals surface area contributed by atoms with Gasteiger partial charge >= 0.3 is 5.97 Å². The van der Waals surface area contributed by atoms with Gasteiger partial charge in [0.25, 0.3) is 0 Å². The average Bonchev–Trinajstić information content (AvgIpc) is 2.90. The third-order valence-corrected chi connectivity index (χ3v) is 6.52. The SMILES string of the molecule is CCCCCCCC[C@](C)(F)C(=O)Oc1ccc(-c2cnc(-c3ccc(CC[C@H](C)F)cc3)nc2)cc1. The summed E-state index contributed by atoms with van der Waals surface area (Å²) in [6.07, 6.45) is 10.2. The molecular weight excluding hydrogens is 470 g/mol. The van der Waals surface area contributed by atoms with Gasteiger partial charge in [0.05, 0.1) is 6.17 Å². The molecule has 0 radical (unpaired) electrons. The molecule has 0 N–H and O–H groups in total. The molecule has 198 valence electrons. The van der Waals surface area contributed by atoms with E-state index < -0.39 is 17.8 Å². The smallest absolute Gasteiger partial charge is 0.348 e. The molecule has 1 aromatic heterocycles. The molecule has 4 nitrogen and oxygen atoms in total. The molecule has 2 aromatic carbocycles. The van der Waals surface area contributed by atoms with Crippen molar-refractivity contribution < 1.29 is 18.3 Å². The number of benzene rings is 2. The van der Waals surface area contributed by atoms with E-state index in [1.54, 1.807) is 43.6 Å². The van der Waals surface area contributed by atoms with Gasteiger partial charge in [0.15, 0.2) is 5.82 Å². The fourth-order valence-corrected chi connectivity index (χ4v) is 4.08. The van der Waals surface area contributed by atoms with Crippen LogP contribution in [0, 0.1) is 0 Å². The van der Waals surface area contributed by atoms with Gasteiger partial charge in [-0.1, -0.05) is 75.4 Å². The summed E-state index contributed by atoms with van der Waals surface area (Å²) in [6.45, 7) is 5.03. The minimum Gasteiger partial charge on any atom is -0.424 e. The van der Waals surface area contributed by atoms with Crippen molar-refractivity contribution in [2.75, 3.05) is 0 Å². The van der Waals surface area contributed by atoms with Crippen molar-refractivity contribution in [3.63, 3.8) is 0 Å². The first-order valence-electron chi connectivity index (χ1n) is 13.4. The maximum absolute atomic E-state index is 14.9. The zero-order valence-electron chi connectivity index (χ0n) is 22.2. The van der Waals surface area contributed by atoms with Gasteiger partial charge in [0.2, 0.25) is 5.67 Å². The van der Waals surface area contributed by atoms with E-state index in [2.05, 4.69) is 16.9 Å². The topological polar surface area (TPSA) is 52.1 Å². The van der Waals surface area contributed by atoms with Crippen LogP contribution in [-0.2, 0) is 11.2 Å². The second-order valence-electron chi connectivity index (χ2n) is 9.94. The van der Waals surface area contributed by atoms with Crippen LogP contribution in [0.2, 0.25) is 0 Å². The standard InChI is InChI=1S/C31H38F2N2O2/c1-4-5-6-7-8-9-20-31(3,33)30(36)37-28-18-16-25(17-19-28)27-21-34-29(35-22-27)26-14-12-24(13-15-26)11-10-23(2)32/h12-19,21-23H,4-11,20H2,1-3H3/t23-,31-/m0/s1. The monoisotopic (exact) mass is 508 g/mol. The molecule has 3 aromatic rings.